The Labute approximate surface area is 111 Å². The Kier molecular flexibility index (Phi) is 3.81. The summed E-state index contributed by atoms with van der Waals surface area (Å²) in [5.41, 5.74) is 4.12. The molecule has 0 aliphatic carbocycles. The minimum Gasteiger partial charge on any atom is -0.507 e. The number of aliphatic hydroxyl groups excluding tert-OH is 2. The molecule has 1 aliphatic heterocycles. The number of nitrogens with zero attached hydrogens (tertiary/aromatic N) is 2. The van der Waals surface area contributed by atoms with Gasteiger partial charge >= 0.3 is 5.69 Å². The lowest BCUT2D eigenvalue weighted by atomic mass is 10.1. The minimum absolute atomic E-state index is 0.0314. The molecule has 1 aromatic heterocycles. The van der Waals surface area contributed by atoms with Crippen LogP contribution in [0.4, 0.5) is 14.6 Å². The fourth-order valence-electron chi connectivity index (χ4n) is 1.86. The number of nitrogen functional groups attached to an aromatic ring is 1. The van der Waals surface area contributed by atoms with Gasteiger partial charge in [-0.3, -0.25) is 4.57 Å². The second-order valence-corrected chi connectivity index (χ2v) is 4.04. The van der Waals surface area contributed by atoms with Gasteiger partial charge < -0.3 is 20.7 Å². The van der Waals surface area contributed by atoms with Crippen LogP contribution in [-0.4, -0.2) is 32.0 Å². The standard InChI is InChI=1S/C11H11F2N3O4/c12-3-5-8(18)9(6(17)4-13)20-10(5)16-2-1-7(14)15-11(16)19/h1-4,8-10,17-18H,(H2,14,15,19)/b5-3+,6-4?/t8-,9+,10+/m0/s1. The second kappa shape index (κ2) is 5.39. The third-order valence-corrected chi connectivity index (χ3v) is 2.82. The fraction of sp³-hybridized carbons (Fsp3) is 0.273. The van der Waals surface area contributed by atoms with Crippen LogP contribution in [0.5, 0.6) is 0 Å². The SMILES string of the molecule is Nc1ccn([C@@H]2O[C@H](C(O)=CF)[C@@H](O)/C2=C\F)c(=O)n1. The predicted octanol–water partition coefficient (Wildman–Crippen LogP) is 0.306. The van der Waals surface area contributed by atoms with Crippen molar-refractivity contribution in [3.05, 3.63) is 46.7 Å². The smallest absolute Gasteiger partial charge is 0.351 e. The van der Waals surface area contributed by atoms with Crippen LogP contribution >= 0.6 is 0 Å². The first-order valence-corrected chi connectivity index (χ1v) is 5.47. The van der Waals surface area contributed by atoms with Crippen molar-refractivity contribution in [3.8, 4) is 0 Å². The summed E-state index contributed by atoms with van der Waals surface area (Å²) in [7, 11) is 0. The first-order valence-electron chi connectivity index (χ1n) is 5.47. The van der Waals surface area contributed by atoms with Crippen molar-refractivity contribution >= 4 is 5.82 Å². The number of nitrogens with two attached hydrogens (primary N) is 1. The molecule has 2 heterocycles. The van der Waals surface area contributed by atoms with Crippen LogP contribution in [0.1, 0.15) is 6.23 Å². The van der Waals surface area contributed by atoms with E-state index in [0.29, 0.717) is 0 Å². The normalized spacial score (nSPS) is 29.1. The molecule has 9 heteroatoms. The Morgan fingerprint density at radius 3 is 2.80 bits per heavy atom. The number of anilines is 1. The molecule has 1 fully saturated rings. The van der Waals surface area contributed by atoms with E-state index >= 15 is 0 Å². The summed E-state index contributed by atoms with van der Waals surface area (Å²) in [5.74, 6) is -0.963. The van der Waals surface area contributed by atoms with Crippen molar-refractivity contribution in [1.29, 1.82) is 0 Å². The molecule has 108 valence electrons. The Morgan fingerprint density at radius 1 is 1.55 bits per heavy atom. The van der Waals surface area contributed by atoms with E-state index in [1.165, 1.54) is 12.3 Å². The summed E-state index contributed by atoms with van der Waals surface area (Å²) >= 11 is 0. The maximum absolute atomic E-state index is 12.9. The molecule has 20 heavy (non-hydrogen) atoms. The van der Waals surface area contributed by atoms with Crippen molar-refractivity contribution in [2.45, 2.75) is 18.4 Å². The van der Waals surface area contributed by atoms with Crippen molar-refractivity contribution in [3.63, 3.8) is 0 Å². The molecule has 2 rings (SSSR count). The highest BCUT2D eigenvalue weighted by molar-refractivity contribution is 5.26. The number of aromatic nitrogens is 2. The van der Waals surface area contributed by atoms with Gasteiger partial charge in [0.05, 0.1) is 6.33 Å². The monoisotopic (exact) mass is 287 g/mol. The maximum Gasteiger partial charge on any atom is 0.351 e. The molecule has 1 aromatic rings. The van der Waals surface area contributed by atoms with Crippen LogP contribution in [0.2, 0.25) is 0 Å². The van der Waals surface area contributed by atoms with Gasteiger partial charge in [0.2, 0.25) is 0 Å². The number of aliphatic hydroxyl groups is 2. The van der Waals surface area contributed by atoms with Gasteiger partial charge in [-0.25, -0.2) is 13.6 Å². The Morgan fingerprint density at radius 2 is 2.25 bits per heavy atom. The lowest BCUT2D eigenvalue weighted by molar-refractivity contribution is -0.0187. The number of hydrogen-bond donors (Lipinski definition) is 3. The lowest BCUT2D eigenvalue weighted by Crippen LogP contribution is -2.28. The van der Waals surface area contributed by atoms with Gasteiger partial charge in [-0.1, -0.05) is 0 Å². The highest BCUT2D eigenvalue weighted by Gasteiger charge is 2.43. The van der Waals surface area contributed by atoms with Gasteiger partial charge in [-0.2, -0.15) is 4.98 Å². The molecule has 0 bridgehead atoms. The molecule has 3 atom stereocenters. The summed E-state index contributed by atoms with van der Waals surface area (Å²) in [5, 5.41) is 19.0. The van der Waals surface area contributed by atoms with Crippen molar-refractivity contribution in [1.82, 2.24) is 9.55 Å². The molecule has 1 saturated heterocycles. The van der Waals surface area contributed by atoms with Gasteiger partial charge in [0.15, 0.2) is 12.0 Å². The number of hydrogen-bond acceptors (Lipinski definition) is 6. The Bertz CT molecular complexity index is 628. The first-order chi connectivity index (χ1) is 9.49. The van der Waals surface area contributed by atoms with E-state index in [-0.39, 0.29) is 24.1 Å². The van der Waals surface area contributed by atoms with E-state index in [1.54, 1.807) is 0 Å². The number of ether oxygens (including phenoxy) is 1. The molecule has 0 spiro atoms. The summed E-state index contributed by atoms with van der Waals surface area (Å²) in [6.45, 7) is 0. The Hall–Kier alpha value is -2.26. The van der Waals surface area contributed by atoms with E-state index in [0.717, 1.165) is 4.57 Å². The van der Waals surface area contributed by atoms with Crippen LogP contribution in [0, 0.1) is 0 Å². The molecule has 0 radical (unpaired) electrons. The predicted molar refractivity (Wildman–Crippen MR) is 63.8 cm³/mol. The highest BCUT2D eigenvalue weighted by atomic mass is 19.1. The lowest BCUT2D eigenvalue weighted by Gasteiger charge is -2.14. The zero-order chi connectivity index (χ0) is 14.9. The quantitative estimate of drug-likeness (QED) is 0.675. The van der Waals surface area contributed by atoms with Crippen molar-refractivity contribution < 1.29 is 23.7 Å². The molecular formula is C11H11F2N3O4. The van der Waals surface area contributed by atoms with E-state index in [1.807, 2.05) is 0 Å². The summed E-state index contributed by atoms with van der Waals surface area (Å²) in [4.78, 5) is 15.1. The fourth-order valence-corrected chi connectivity index (χ4v) is 1.86. The molecule has 7 nitrogen and oxygen atoms in total. The van der Waals surface area contributed by atoms with Crippen LogP contribution in [0.3, 0.4) is 0 Å². The van der Waals surface area contributed by atoms with Gasteiger partial charge in [0, 0.05) is 11.8 Å². The number of halogens is 2. The average Bonchev–Trinajstić information content (AvgIpc) is 2.74. The molecule has 0 unspecified atom stereocenters. The average molecular weight is 287 g/mol. The van der Waals surface area contributed by atoms with E-state index in [9.17, 15) is 23.8 Å². The third kappa shape index (κ3) is 2.28. The summed E-state index contributed by atoms with van der Waals surface area (Å²) < 4.78 is 31.1. The van der Waals surface area contributed by atoms with E-state index in [2.05, 4.69) is 4.98 Å². The molecular weight excluding hydrogens is 276 g/mol. The molecule has 0 aromatic carbocycles. The first kappa shape index (κ1) is 14.2. The topological polar surface area (TPSA) is 111 Å². The van der Waals surface area contributed by atoms with Gasteiger partial charge in [0.25, 0.3) is 0 Å². The van der Waals surface area contributed by atoms with Crippen LogP contribution < -0.4 is 11.4 Å². The van der Waals surface area contributed by atoms with Crippen LogP contribution in [0.25, 0.3) is 0 Å². The second-order valence-electron chi connectivity index (χ2n) is 4.04. The van der Waals surface area contributed by atoms with Gasteiger partial charge in [-0.15, -0.1) is 0 Å². The summed E-state index contributed by atoms with van der Waals surface area (Å²) in [6.07, 6.45) is -3.48. The maximum atomic E-state index is 12.9. The summed E-state index contributed by atoms with van der Waals surface area (Å²) in [6, 6.07) is 1.27. The largest absolute Gasteiger partial charge is 0.507 e. The molecule has 1 aliphatic rings. The number of rotatable bonds is 2. The third-order valence-electron chi connectivity index (χ3n) is 2.82. The van der Waals surface area contributed by atoms with Crippen molar-refractivity contribution in [2.24, 2.45) is 0 Å². The molecule has 0 amide bonds. The highest BCUT2D eigenvalue weighted by Crippen LogP contribution is 2.36. The van der Waals surface area contributed by atoms with Crippen molar-refractivity contribution in [2.75, 3.05) is 5.73 Å². The van der Waals surface area contributed by atoms with E-state index < -0.39 is 29.9 Å². The molecule has 4 N–H and O–H groups in total. The van der Waals surface area contributed by atoms with Gasteiger partial charge in [0.1, 0.15) is 24.4 Å². The van der Waals surface area contributed by atoms with E-state index in [4.69, 9.17) is 10.5 Å². The zero-order valence-electron chi connectivity index (χ0n) is 9.98. The zero-order valence-corrected chi connectivity index (χ0v) is 9.98. The Balaban J connectivity index is 2.44. The van der Waals surface area contributed by atoms with Crippen LogP contribution in [-0.2, 0) is 4.74 Å². The van der Waals surface area contributed by atoms with Gasteiger partial charge in [-0.05, 0) is 6.07 Å². The minimum atomic E-state index is -1.64. The molecule has 0 saturated carbocycles. The van der Waals surface area contributed by atoms with Crippen LogP contribution in [0.15, 0.2) is 41.0 Å².